The van der Waals surface area contributed by atoms with E-state index in [1.165, 1.54) is 4.90 Å². The topological polar surface area (TPSA) is 46.6 Å². The van der Waals surface area contributed by atoms with Crippen LogP contribution >= 0.6 is 0 Å². The molecule has 1 rings (SSSR count). The van der Waals surface area contributed by atoms with Crippen LogP contribution in [0.4, 0.5) is 0 Å². The van der Waals surface area contributed by atoms with Gasteiger partial charge in [0.15, 0.2) is 6.61 Å². The molecule has 1 aliphatic heterocycles. The highest BCUT2D eigenvalue weighted by Crippen LogP contribution is 2.17. The maximum absolute atomic E-state index is 11.2. The van der Waals surface area contributed by atoms with Gasteiger partial charge in [0.05, 0.1) is 0 Å². The van der Waals surface area contributed by atoms with Crippen molar-refractivity contribution >= 4 is 11.9 Å². The van der Waals surface area contributed by atoms with Gasteiger partial charge in [-0.15, -0.1) is 6.42 Å². The molecule has 0 radical (unpaired) electrons. The zero-order valence-corrected chi connectivity index (χ0v) is 7.45. The fourth-order valence-corrected chi connectivity index (χ4v) is 1.29. The van der Waals surface area contributed by atoms with Crippen LogP contribution in [0.15, 0.2) is 0 Å². The Labute approximate surface area is 76.8 Å². The SMILES string of the molecule is C#CCOC(=O)C1CCC(=O)N1C. The lowest BCUT2D eigenvalue weighted by molar-refractivity contribution is -0.149. The van der Waals surface area contributed by atoms with E-state index in [-0.39, 0.29) is 12.5 Å². The van der Waals surface area contributed by atoms with Gasteiger partial charge in [0, 0.05) is 13.5 Å². The Hall–Kier alpha value is -1.50. The first-order chi connectivity index (χ1) is 6.16. The first kappa shape index (κ1) is 9.59. The summed E-state index contributed by atoms with van der Waals surface area (Å²) in [4.78, 5) is 23.7. The molecule has 0 aliphatic carbocycles. The van der Waals surface area contributed by atoms with E-state index in [4.69, 9.17) is 11.2 Å². The summed E-state index contributed by atoms with van der Waals surface area (Å²) in [6.07, 6.45) is 5.87. The van der Waals surface area contributed by atoms with Gasteiger partial charge in [-0.05, 0) is 6.42 Å². The van der Waals surface area contributed by atoms with Crippen molar-refractivity contribution in [1.29, 1.82) is 0 Å². The monoisotopic (exact) mass is 181 g/mol. The van der Waals surface area contributed by atoms with Gasteiger partial charge in [0.2, 0.25) is 5.91 Å². The molecule has 0 aromatic rings. The van der Waals surface area contributed by atoms with E-state index in [2.05, 4.69) is 5.92 Å². The Morgan fingerprint density at radius 3 is 3.00 bits per heavy atom. The first-order valence-corrected chi connectivity index (χ1v) is 4.02. The van der Waals surface area contributed by atoms with Crippen LogP contribution in [-0.4, -0.2) is 36.5 Å². The van der Waals surface area contributed by atoms with E-state index in [1.807, 2.05) is 0 Å². The second-order valence-electron chi connectivity index (χ2n) is 2.87. The van der Waals surface area contributed by atoms with Crippen molar-refractivity contribution < 1.29 is 14.3 Å². The minimum atomic E-state index is -0.444. The van der Waals surface area contributed by atoms with E-state index in [0.29, 0.717) is 12.8 Å². The Morgan fingerprint density at radius 1 is 1.85 bits per heavy atom. The number of likely N-dealkylation sites (N-methyl/N-ethyl adjacent to an activating group) is 1. The van der Waals surface area contributed by atoms with Crippen LogP contribution in [0.5, 0.6) is 0 Å². The van der Waals surface area contributed by atoms with Gasteiger partial charge in [-0.3, -0.25) is 4.79 Å². The van der Waals surface area contributed by atoms with E-state index in [9.17, 15) is 9.59 Å². The Balaban J connectivity index is 2.49. The maximum Gasteiger partial charge on any atom is 0.329 e. The molecule has 1 fully saturated rings. The molecule has 0 bridgehead atoms. The highest BCUT2D eigenvalue weighted by Gasteiger charge is 2.34. The molecule has 4 heteroatoms. The van der Waals surface area contributed by atoms with E-state index in [1.54, 1.807) is 7.05 Å². The van der Waals surface area contributed by atoms with Crippen molar-refractivity contribution in [3.05, 3.63) is 0 Å². The van der Waals surface area contributed by atoms with Gasteiger partial charge < -0.3 is 9.64 Å². The molecule has 1 amide bonds. The molecule has 1 heterocycles. The number of nitrogens with zero attached hydrogens (tertiary/aromatic N) is 1. The summed E-state index contributed by atoms with van der Waals surface area (Å²) in [5.74, 6) is 1.77. The third kappa shape index (κ3) is 2.00. The third-order valence-electron chi connectivity index (χ3n) is 2.06. The number of likely N-dealkylation sites (tertiary alicyclic amines) is 1. The molecular formula is C9H11NO3. The standard InChI is InChI=1S/C9H11NO3/c1-3-6-13-9(12)7-4-5-8(11)10(7)2/h1,7H,4-6H2,2H3. The summed E-state index contributed by atoms with van der Waals surface area (Å²) in [5, 5.41) is 0. The second-order valence-corrected chi connectivity index (χ2v) is 2.87. The number of carbonyl (C=O) groups is 2. The number of terminal acetylenes is 1. The number of amides is 1. The van der Waals surface area contributed by atoms with Crippen molar-refractivity contribution in [1.82, 2.24) is 4.90 Å². The number of rotatable bonds is 2. The van der Waals surface area contributed by atoms with E-state index < -0.39 is 12.0 Å². The van der Waals surface area contributed by atoms with Gasteiger partial charge in [0.1, 0.15) is 6.04 Å². The molecule has 13 heavy (non-hydrogen) atoms. The first-order valence-electron chi connectivity index (χ1n) is 4.02. The lowest BCUT2D eigenvalue weighted by Crippen LogP contribution is -2.36. The Morgan fingerprint density at radius 2 is 2.54 bits per heavy atom. The minimum absolute atomic E-state index is 0.0253. The fraction of sp³-hybridized carbons (Fsp3) is 0.556. The molecule has 0 saturated carbocycles. The highest BCUT2D eigenvalue weighted by atomic mass is 16.5. The Bertz CT molecular complexity index is 267. The average molecular weight is 181 g/mol. The van der Waals surface area contributed by atoms with Crippen LogP contribution < -0.4 is 0 Å². The number of carbonyl (C=O) groups excluding carboxylic acids is 2. The normalized spacial score (nSPS) is 21.4. The maximum atomic E-state index is 11.2. The molecule has 0 aromatic heterocycles. The van der Waals surface area contributed by atoms with Crippen LogP contribution in [0.3, 0.4) is 0 Å². The van der Waals surface area contributed by atoms with Crippen molar-refractivity contribution in [2.75, 3.05) is 13.7 Å². The molecule has 4 nitrogen and oxygen atoms in total. The zero-order valence-electron chi connectivity index (χ0n) is 7.45. The summed E-state index contributed by atoms with van der Waals surface area (Å²) in [6.45, 7) is -0.0304. The molecule has 70 valence electrons. The van der Waals surface area contributed by atoms with Crippen molar-refractivity contribution in [3.8, 4) is 12.3 Å². The smallest absolute Gasteiger partial charge is 0.329 e. The molecule has 0 N–H and O–H groups in total. The predicted molar refractivity (Wildman–Crippen MR) is 45.6 cm³/mol. The van der Waals surface area contributed by atoms with Gasteiger partial charge >= 0.3 is 5.97 Å². The number of ether oxygens (including phenoxy) is 1. The van der Waals surface area contributed by atoms with Gasteiger partial charge in [-0.1, -0.05) is 5.92 Å². The molecular weight excluding hydrogens is 170 g/mol. The molecule has 1 unspecified atom stereocenters. The quantitative estimate of drug-likeness (QED) is 0.437. The molecule has 0 aromatic carbocycles. The summed E-state index contributed by atoms with van der Waals surface area (Å²) < 4.78 is 4.72. The second kappa shape index (κ2) is 3.94. The van der Waals surface area contributed by atoms with E-state index >= 15 is 0 Å². The summed E-state index contributed by atoms with van der Waals surface area (Å²) in [5.41, 5.74) is 0. The summed E-state index contributed by atoms with van der Waals surface area (Å²) in [6, 6.07) is -0.444. The fourth-order valence-electron chi connectivity index (χ4n) is 1.29. The molecule has 1 aliphatic rings. The van der Waals surface area contributed by atoms with Gasteiger partial charge in [0.25, 0.3) is 0 Å². The van der Waals surface area contributed by atoms with Gasteiger partial charge in [-0.2, -0.15) is 0 Å². The van der Waals surface area contributed by atoms with Crippen LogP contribution in [0.1, 0.15) is 12.8 Å². The Kier molecular flexibility index (Phi) is 2.91. The van der Waals surface area contributed by atoms with Crippen LogP contribution in [0.2, 0.25) is 0 Å². The predicted octanol–water partition coefficient (Wildman–Crippen LogP) is -0.216. The van der Waals surface area contributed by atoms with Crippen molar-refractivity contribution in [3.63, 3.8) is 0 Å². The van der Waals surface area contributed by atoms with Gasteiger partial charge in [-0.25, -0.2) is 4.79 Å². The molecule has 1 atom stereocenters. The van der Waals surface area contributed by atoms with Crippen LogP contribution in [0, 0.1) is 12.3 Å². The average Bonchev–Trinajstić information content (AvgIpc) is 2.44. The molecule has 1 saturated heterocycles. The van der Waals surface area contributed by atoms with Crippen LogP contribution in [-0.2, 0) is 14.3 Å². The number of hydrogen-bond acceptors (Lipinski definition) is 3. The summed E-state index contributed by atoms with van der Waals surface area (Å²) in [7, 11) is 1.59. The number of hydrogen-bond donors (Lipinski definition) is 0. The zero-order chi connectivity index (χ0) is 9.84. The third-order valence-corrected chi connectivity index (χ3v) is 2.06. The van der Waals surface area contributed by atoms with Crippen LogP contribution in [0.25, 0.3) is 0 Å². The molecule has 0 spiro atoms. The van der Waals surface area contributed by atoms with Crippen molar-refractivity contribution in [2.24, 2.45) is 0 Å². The highest BCUT2D eigenvalue weighted by molar-refractivity contribution is 5.87. The largest absolute Gasteiger partial charge is 0.451 e. The van der Waals surface area contributed by atoms with E-state index in [0.717, 1.165) is 0 Å². The summed E-state index contributed by atoms with van der Waals surface area (Å²) >= 11 is 0. The number of esters is 1. The lowest BCUT2D eigenvalue weighted by Gasteiger charge is -2.17. The minimum Gasteiger partial charge on any atom is -0.451 e. The van der Waals surface area contributed by atoms with Crippen molar-refractivity contribution in [2.45, 2.75) is 18.9 Å². The lowest BCUT2D eigenvalue weighted by atomic mass is 10.2.